The molecule has 1 spiro atoms. The van der Waals surface area contributed by atoms with Crippen LogP contribution in [0.5, 0.6) is 0 Å². The van der Waals surface area contributed by atoms with Gasteiger partial charge in [0.1, 0.15) is 11.4 Å². The number of ketones is 2. The van der Waals surface area contributed by atoms with E-state index in [4.69, 9.17) is 4.74 Å². The summed E-state index contributed by atoms with van der Waals surface area (Å²) in [6, 6.07) is 0. The number of alkyl halides is 1. The maximum absolute atomic E-state index is 14.2. The van der Waals surface area contributed by atoms with E-state index < -0.39 is 22.6 Å². The lowest BCUT2D eigenvalue weighted by atomic mass is 9.44. The summed E-state index contributed by atoms with van der Waals surface area (Å²) in [5, 5.41) is 0. The standard InChI is InChI=1S/C20H25FO3/c1-10-8-11-12(6-7-18(2)13(11)9-14(21)17(18)23)19(3)15(22)4-5-16-20(10,19)24-16/h11-14,16H,1,4-9H2,2-3H3/t11-,12-,13+,14?,16?,18+,19+,20?/m1/s1. The van der Waals surface area contributed by atoms with Crippen molar-refractivity contribution in [1.82, 2.24) is 0 Å². The lowest BCUT2D eigenvalue weighted by molar-refractivity contribution is -0.150. The van der Waals surface area contributed by atoms with Gasteiger partial charge in [-0.05, 0) is 62.4 Å². The Morgan fingerprint density at radius 3 is 2.71 bits per heavy atom. The fourth-order valence-corrected chi connectivity index (χ4v) is 7.27. The van der Waals surface area contributed by atoms with Gasteiger partial charge in [0, 0.05) is 11.8 Å². The zero-order valence-electron chi connectivity index (χ0n) is 14.4. The number of Topliss-reactive ketones (excluding diaryl/α,β-unsaturated/α-hetero) is 2. The van der Waals surface area contributed by atoms with E-state index in [0.29, 0.717) is 19.3 Å². The normalized spacial score (nSPS) is 58.6. The van der Waals surface area contributed by atoms with Crippen LogP contribution < -0.4 is 0 Å². The molecule has 0 aromatic rings. The van der Waals surface area contributed by atoms with Crippen molar-refractivity contribution >= 4 is 11.6 Å². The first-order chi connectivity index (χ1) is 11.3. The van der Waals surface area contributed by atoms with E-state index in [9.17, 15) is 14.0 Å². The molecule has 4 aliphatic carbocycles. The second kappa shape index (κ2) is 4.20. The number of carbonyl (C=O) groups excluding carboxylic acids is 2. The van der Waals surface area contributed by atoms with Crippen molar-refractivity contribution in [2.24, 2.45) is 28.6 Å². The maximum Gasteiger partial charge on any atom is 0.173 e. The molecule has 0 aromatic carbocycles. The Morgan fingerprint density at radius 2 is 1.96 bits per heavy atom. The van der Waals surface area contributed by atoms with Gasteiger partial charge in [-0.2, -0.15) is 0 Å². The van der Waals surface area contributed by atoms with Crippen molar-refractivity contribution in [2.75, 3.05) is 0 Å². The summed E-state index contributed by atoms with van der Waals surface area (Å²) < 4.78 is 20.4. The van der Waals surface area contributed by atoms with Crippen molar-refractivity contribution < 1.29 is 18.7 Å². The fourth-order valence-electron chi connectivity index (χ4n) is 7.27. The van der Waals surface area contributed by atoms with Gasteiger partial charge in [0.05, 0.1) is 11.5 Å². The minimum absolute atomic E-state index is 0.0385. The maximum atomic E-state index is 14.2. The van der Waals surface area contributed by atoms with E-state index in [1.165, 1.54) is 0 Å². The molecule has 24 heavy (non-hydrogen) atoms. The molecule has 4 heteroatoms. The van der Waals surface area contributed by atoms with Crippen LogP contribution in [0.3, 0.4) is 0 Å². The second-order valence-electron chi connectivity index (χ2n) is 9.21. The Morgan fingerprint density at radius 1 is 1.21 bits per heavy atom. The molecular formula is C20H25FO3. The fraction of sp³-hybridized carbons (Fsp3) is 0.800. The van der Waals surface area contributed by atoms with E-state index in [-0.39, 0.29) is 35.4 Å². The van der Waals surface area contributed by atoms with Crippen LogP contribution >= 0.6 is 0 Å². The Balaban J connectivity index is 1.60. The van der Waals surface area contributed by atoms with Crippen molar-refractivity contribution in [3.05, 3.63) is 12.2 Å². The van der Waals surface area contributed by atoms with Gasteiger partial charge in [-0.3, -0.25) is 9.59 Å². The molecule has 4 saturated carbocycles. The number of ether oxygens (including phenoxy) is 1. The summed E-state index contributed by atoms with van der Waals surface area (Å²) in [6.45, 7) is 8.32. The van der Waals surface area contributed by atoms with Crippen LogP contribution in [0, 0.1) is 28.6 Å². The number of fused-ring (bicyclic) bond motifs is 4. The van der Waals surface area contributed by atoms with Gasteiger partial charge in [0.15, 0.2) is 12.0 Å². The van der Waals surface area contributed by atoms with Gasteiger partial charge >= 0.3 is 0 Å². The highest BCUT2D eigenvalue weighted by molar-refractivity contribution is 5.92. The molecule has 0 N–H and O–H groups in total. The Labute approximate surface area is 142 Å². The Hall–Kier alpha value is -1.03. The van der Waals surface area contributed by atoms with Gasteiger partial charge in [0.2, 0.25) is 0 Å². The van der Waals surface area contributed by atoms with Crippen molar-refractivity contribution in [2.45, 2.75) is 70.2 Å². The van der Waals surface area contributed by atoms with Crippen LogP contribution in [0.1, 0.15) is 52.4 Å². The summed E-state index contributed by atoms with van der Waals surface area (Å²) in [5.74, 6) is 0.492. The molecule has 130 valence electrons. The number of rotatable bonds is 0. The largest absolute Gasteiger partial charge is 0.360 e. The monoisotopic (exact) mass is 332 g/mol. The van der Waals surface area contributed by atoms with Crippen molar-refractivity contribution in [1.29, 1.82) is 0 Å². The zero-order valence-corrected chi connectivity index (χ0v) is 14.4. The Bertz CT molecular complexity index is 686. The lowest BCUT2D eigenvalue weighted by Gasteiger charge is -2.57. The summed E-state index contributed by atoms with van der Waals surface area (Å²) in [4.78, 5) is 25.4. The van der Waals surface area contributed by atoms with Gasteiger partial charge in [0.25, 0.3) is 0 Å². The van der Waals surface area contributed by atoms with Crippen LogP contribution in [0.15, 0.2) is 12.2 Å². The minimum Gasteiger partial charge on any atom is -0.360 e. The van der Waals surface area contributed by atoms with Crippen molar-refractivity contribution in [3.63, 3.8) is 0 Å². The molecule has 3 unspecified atom stereocenters. The molecule has 5 rings (SSSR count). The van der Waals surface area contributed by atoms with E-state index in [1.54, 1.807) is 0 Å². The van der Waals surface area contributed by atoms with E-state index in [1.807, 2.05) is 6.92 Å². The average molecular weight is 332 g/mol. The molecule has 0 bridgehead atoms. The van der Waals surface area contributed by atoms with Gasteiger partial charge in [-0.25, -0.2) is 4.39 Å². The molecule has 1 heterocycles. The van der Waals surface area contributed by atoms with Gasteiger partial charge in [-0.15, -0.1) is 0 Å². The summed E-state index contributed by atoms with van der Waals surface area (Å²) in [7, 11) is 0. The first kappa shape index (κ1) is 15.2. The Kier molecular flexibility index (Phi) is 2.67. The topological polar surface area (TPSA) is 46.7 Å². The zero-order chi connectivity index (χ0) is 17.1. The third kappa shape index (κ3) is 1.38. The minimum atomic E-state index is -1.33. The second-order valence-corrected chi connectivity index (χ2v) is 9.21. The first-order valence-corrected chi connectivity index (χ1v) is 9.34. The number of carbonyl (C=O) groups is 2. The predicted octanol–water partition coefficient (Wildman–Crippen LogP) is 3.41. The summed E-state index contributed by atoms with van der Waals surface area (Å²) in [5.41, 5.74) is -0.532. The lowest BCUT2D eigenvalue weighted by Crippen LogP contribution is -2.61. The van der Waals surface area contributed by atoms with Crippen molar-refractivity contribution in [3.8, 4) is 0 Å². The molecule has 0 amide bonds. The van der Waals surface area contributed by atoms with E-state index in [0.717, 1.165) is 24.8 Å². The van der Waals surface area contributed by atoms with E-state index >= 15 is 0 Å². The van der Waals surface area contributed by atoms with Crippen LogP contribution in [0.25, 0.3) is 0 Å². The highest BCUT2D eigenvalue weighted by Crippen LogP contribution is 2.72. The summed E-state index contributed by atoms with van der Waals surface area (Å²) >= 11 is 0. The molecule has 8 atom stereocenters. The highest BCUT2D eigenvalue weighted by Gasteiger charge is 2.78. The molecule has 5 aliphatic rings. The summed E-state index contributed by atoms with van der Waals surface area (Å²) in [6.07, 6.45) is 2.82. The predicted molar refractivity (Wildman–Crippen MR) is 86.0 cm³/mol. The third-order valence-electron chi connectivity index (χ3n) is 8.59. The van der Waals surface area contributed by atoms with E-state index in [2.05, 4.69) is 13.5 Å². The number of halogens is 1. The molecule has 0 aromatic heterocycles. The number of hydrogen-bond donors (Lipinski definition) is 0. The van der Waals surface area contributed by atoms with Crippen LogP contribution in [0.2, 0.25) is 0 Å². The molecule has 1 aliphatic heterocycles. The van der Waals surface area contributed by atoms with Crippen LogP contribution in [-0.4, -0.2) is 29.4 Å². The van der Waals surface area contributed by atoms with Crippen LogP contribution in [0.4, 0.5) is 4.39 Å². The average Bonchev–Trinajstić information content (AvgIpc) is 3.24. The third-order valence-corrected chi connectivity index (χ3v) is 8.59. The highest BCUT2D eigenvalue weighted by atomic mass is 19.1. The molecule has 3 nitrogen and oxygen atoms in total. The van der Waals surface area contributed by atoms with Gasteiger partial charge < -0.3 is 4.74 Å². The quantitative estimate of drug-likeness (QED) is 0.504. The van der Waals surface area contributed by atoms with Gasteiger partial charge in [-0.1, -0.05) is 13.5 Å². The van der Waals surface area contributed by atoms with Crippen LogP contribution in [-0.2, 0) is 14.3 Å². The smallest absolute Gasteiger partial charge is 0.173 e. The molecule has 0 radical (unpaired) electrons. The molecule has 1 saturated heterocycles. The number of hydrogen-bond acceptors (Lipinski definition) is 3. The SMILES string of the molecule is C=C1C[C@@H]2[C@@H](CC[C@]3(C)C(=O)C(F)C[C@@H]23)[C@@]2(C)C(=O)CCC3OC132. The molecule has 5 fully saturated rings. The molecular weight excluding hydrogens is 307 g/mol. The number of epoxide rings is 1. The first-order valence-electron chi connectivity index (χ1n) is 9.34.